The fraction of sp³-hybridized carbons (Fsp3) is 0.357. The second-order valence-electron chi connectivity index (χ2n) is 4.75. The molecule has 2 nitrogen and oxygen atoms in total. The Bertz CT molecular complexity index is 515. The molecule has 1 heterocycles. The molecule has 0 saturated heterocycles. The summed E-state index contributed by atoms with van der Waals surface area (Å²) in [7, 11) is 0. The van der Waals surface area contributed by atoms with Gasteiger partial charge in [0.25, 0.3) is 0 Å². The Kier molecular flexibility index (Phi) is 3.53. The minimum atomic E-state index is 0.589. The first-order chi connectivity index (χ1) is 8.08. The van der Waals surface area contributed by atoms with E-state index in [1.165, 1.54) is 5.56 Å². The third-order valence-electron chi connectivity index (χ3n) is 2.68. The maximum Gasteiger partial charge on any atom is 0.133 e. The zero-order valence-electron chi connectivity index (χ0n) is 10.4. The molecule has 0 radical (unpaired) electrons. The van der Waals surface area contributed by atoms with Gasteiger partial charge >= 0.3 is 0 Å². The molecule has 0 fully saturated rings. The van der Waals surface area contributed by atoms with Crippen LogP contribution in [-0.2, 0) is 6.42 Å². The van der Waals surface area contributed by atoms with E-state index in [4.69, 9.17) is 11.6 Å². The molecule has 0 aliphatic heterocycles. The van der Waals surface area contributed by atoms with Crippen molar-refractivity contribution in [3.05, 3.63) is 46.7 Å². The molecule has 17 heavy (non-hydrogen) atoms. The van der Waals surface area contributed by atoms with Crippen LogP contribution in [0.4, 0.5) is 0 Å². The van der Waals surface area contributed by atoms with E-state index in [1.807, 2.05) is 28.9 Å². The molecule has 2 rings (SSSR count). The van der Waals surface area contributed by atoms with Gasteiger partial charge in [-0.1, -0.05) is 43.6 Å². The highest BCUT2D eigenvalue weighted by atomic mass is 35.5. The van der Waals surface area contributed by atoms with Crippen LogP contribution in [0, 0.1) is 12.8 Å². The van der Waals surface area contributed by atoms with Crippen LogP contribution in [0.2, 0.25) is 5.15 Å². The second kappa shape index (κ2) is 4.92. The summed E-state index contributed by atoms with van der Waals surface area (Å²) in [6.45, 7) is 6.43. The van der Waals surface area contributed by atoms with Crippen LogP contribution in [0.3, 0.4) is 0 Å². The molecule has 0 N–H and O–H groups in total. The van der Waals surface area contributed by atoms with Crippen LogP contribution in [0.15, 0.2) is 30.3 Å². The minimum Gasteiger partial charge on any atom is -0.222 e. The van der Waals surface area contributed by atoms with Crippen LogP contribution >= 0.6 is 11.6 Å². The van der Waals surface area contributed by atoms with E-state index in [0.717, 1.165) is 17.8 Å². The molecule has 0 unspecified atom stereocenters. The lowest BCUT2D eigenvalue weighted by atomic mass is 10.1. The third kappa shape index (κ3) is 2.70. The van der Waals surface area contributed by atoms with Crippen molar-refractivity contribution in [1.82, 2.24) is 9.78 Å². The largest absolute Gasteiger partial charge is 0.222 e. The van der Waals surface area contributed by atoms with Crippen molar-refractivity contribution in [2.24, 2.45) is 5.92 Å². The summed E-state index contributed by atoms with van der Waals surface area (Å²) >= 11 is 6.24. The summed E-state index contributed by atoms with van der Waals surface area (Å²) in [5.41, 5.74) is 3.27. The lowest BCUT2D eigenvalue weighted by molar-refractivity contribution is 0.628. The van der Waals surface area contributed by atoms with Crippen LogP contribution < -0.4 is 0 Å². The van der Waals surface area contributed by atoms with Crippen molar-refractivity contribution in [3.8, 4) is 5.69 Å². The summed E-state index contributed by atoms with van der Waals surface area (Å²) in [5, 5.41) is 5.24. The zero-order chi connectivity index (χ0) is 12.4. The standard InChI is InChI=1S/C14H17ClN2/c1-10(2)8-12-9-14(15)17(16-12)13-7-5-4-6-11(13)3/h4-7,9-10H,8H2,1-3H3. The molecule has 1 aromatic heterocycles. The van der Waals surface area contributed by atoms with Gasteiger partial charge in [0.15, 0.2) is 0 Å². The van der Waals surface area contributed by atoms with Gasteiger partial charge in [0.1, 0.15) is 5.15 Å². The molecular formula is C14H17ClN2. The number of nitrogens with zero attached hydrogens (tertiary/aromatic N) is 2. The molecule has 0 amide bonds. The summed E-state index contributed by atoms with van der Waals surface area (Å²) in [4.78, 5) is 0. The van der Waals surface area contributed by atoms with Gasteiger partial charge in [-0.25, -0.2) is 4.68 Å². The highest BCUT2D eigenvalue weighted by Crippen LogP contribution is 2.21. The van der Waals surface area contributed by atoms with Gasteiger partial charge in [0.2, 0.25) is 0 Å². The molecule has 1 aromatic carbocycles. The fourth-order valence-corrected chi connectivity index (χ4v) is 2.15. The molecule has 0 atom stereocenters. The Hall–Kier alpha value is -1.28. The number of aromatic nitrogens is 2. The molecule has 0 aliphatic rings. The minimum absolute atomic E-state index is 0.589. The Morgan fingerprint density at radius 1 is 1.29 bits per heavy atom. The Labute approximate surface area is 107 Å². The van der Waals surface area contributed by atoms with E-state index in [-0.39, 0.29) is 0 Å². The van der Waals surface area contributed by atoms with E-state index < -0.39 is 0 Å². The van der Waals surface area contributed by atoms with Crippen molar-refractivity contribution < 1.29 is 0 Å². The number of halogens is 1. The van der Waals surface area contributed by atoms with Crippen LogP contribution in [0.25, 0.3) is 5.69 Å². The van der Waals surface area contributed by atoms with Crippen molar-refractivity contribution in [3.63, 3.8) is 0 Å². The van der Waals surface area contributed by atoms with Gasteiger partial charge < -0.3 is 0 Å². The maximum atomic E-state index is 6.24. The van der Waals surface area contributed by atoms with Crippen molar-refractivity contribution in [1.29, 1.82) is 0 Å². The maximum absolute atomic E-state index is 6.24. The number of aryl methyl sites for hydroxylation is 1. The highest BCUT2D eigenvalue weighted by molar-refractivity contribution is 6.29. The highest BCUT2D eigenvalue weighted by Gasteiger charge is 2.10. The van der Waals surface area contributed by atoms with E-state index in [9.17, 15) is 0 Å². The molecule has 0 aliphatic carbocycles. The average Bonchev–Trinajstić information content (AvgIpc) is 2.59. The van der Waals surface area contributed by atoms with Crippen molar-refractivity contribution in [2.75, 3.05) is 0 Å². The number of rotatable bonds is 3. The summed E-state index contributed by atoms with van der Waals surface area (Å²) in [6.07, 6.45) is 0.957. The van der Waals surface area contributed by atoms with E-state index in [1.54, 1.807) is 0 Å². The average molecular weight is 249 g/mol. The molecule has 2 aromatic rings. The van der Waals surface area contributed by atoms with Gasteiger partial charge in [-0.2, -0.15) is 5.10 Å². The molecular weight excluding hydrogens is 232 g/mol. The van der Waals surface area contributed by atoms with Gasteiger partial charge in [-0.05, 0) is 37.0 Å². The third-order valence-corrected chi connectivity index (χ3v) is 2.95. The number of para-hydroxylation sites is 1. The van der Waals surface area contributed by atoms with Gasteiger partial charge in [-0.3, -0.25) is 0 Å². The second-order valence-corrected chi connectivity index (χ2v) is 5.14. The normalized spacial score (nSPS) is 11.1. The Morgan fingerprint density at radius 2 is 2.00 bits per heavy atom. The smallest absolute Gasteiger partial charge is 0.133 e. The van der Waals surface area contributed by atoms with Crippen molar-refractivity contribution in [2.45, 2.75) is 27.2 Å². The molecule has 0 bridgehead atoms. The fourth-order valence-electron chi connectivity index (χ4n) is 1.89. The lowest BCUT2D eigenvalue weighted by Gasteiger charge is -2.06. The Morgan fingerprint density at radius 3 is 2.65 bits per heavy atom. The number of hydrogen-bond donors (Lipinski definition) is 0. The predicted octanol–water partition coefficient (Wildman–Crippen LogP) is 4.03. The Balaban J connectivity index is 2.40. The lowest BCUT2D eigenvalue weighted by Crippen LogP contribution is -2.01. The zero-order valence-corrected chi connectivity index (χ0v) is 11.2. The molecule has 0 saturated carbocycles. The molecule has 90 valence electrons. The molecule has 0 spiro atoms. The van der Waals surface area contributed by atoms with E-state index in [0.29, 0.717) is 11.1 Å². The summed E-state index contributed by atoms with van der Waals surface area (Å²) in [6, 6.07) is 10.1. The van der Waals surface area contributed by atoms with Crippen LogP contribution in [-0.4, -0.2) is 9.78 Å². The molecule has 3 heteroatoms. The summed E-state index contributed by atoms with van der Waals surface area (Å²) in [5.74, 6) is 0.589. The summed E-state index contributed by atoms with van der Waals surface area (Å²) < 4.78 is 1.81. The van der Waals surface area contributed by atoms with Crippen molar-refractivity contribution >= 4 is 11.6 Å². The monoisotopic (exact) mass is 248 g/mol. The number of hydrogen-bond acceptors (Lipinski definition) is 1. The SMILES string of the molecule is Cc1ccccc1-n1nc(CC(C)C)cc1Cl. The van der Waals surface area contributed by atoms with Crippen LogP contribution in [0.5, 0.6) is 0 Å². The van der Waals surface area contributed by atoms with Gasteiger partial charge in [0, 0.05) is 0 Å². The first-order valence-corrected chi connectivity index (χ1v) is 6.26. The van der Waals surface area contributed by atoms with E-state index in [2.05, 4.69) is 31.9 Å². The predicted molar refractivity (Wildman–Crippen MR) is 71.9 cm³/mol. The van der Waals surface area contributed by atoms with Gasteiger partial charge in [-0.15, -0.1) is 0 Å². The van der Waals surface area contributed by atoms with Crippen LogP contribution in [0.1, 0.15) is 25.1 Å². The first-order valence-electron chi connectivity index (χ1n) is 5.88. The first kappa shape index (κ1) is 12.2. The topological polar surface area (TPSA) is 17.8 Å². The number of benzene rings is 1. The van der Waals surface area contributed by atoms with Gasteiger partial charge in [0.05, 0.1) is 11.4 Å². The van der Waals surface area contributed by atoms with E-state index >= 15 is 0 Å². The quantitative estimate of drug-likeness (QED) is 0.802.